The summed E-state index contributed by atoms with van der Waals surface area (Å²) in [5.41, 5.74) is 4.23. The van der Waals surface area contributed by atoms with Crippen molar-refractivity contribution in [3.8, 4) is 0 Å². The standard InChI is InChI=1S/C13H16N2O/c1-15-12(8-14-13(15)16)11-6-5-9-3-2-4-10(9)7-11/h5-7,12H,2-4,8H2,1H3,(H,14,16). The topological polar surface area (TPSA) is 32.3 Å². The highest BCUT2D eigenvalue weighted by Crippen LogP contribution is 2.28. The highest BCUT2D eigenvalue weighted by atomic mass is 16.2. The molecule has 0 saturated carbocycles. The summed E-state index contributed by atoms with van der Waals surface area (Å²) in [5.74, 6) is 0. The normalized spacial score (nSPS) is 23.4. The average Bonchev–Trinajstić information content (AvgIpc) is 2.86. The fourth-order valence-corrected chi connectivity index (χ4v) is 2.73. The number of likely N-dealkylation sites (N-methyl/N-ethyl adjacent to an activating group) is 1. The second-order valence-corrected chi connectivity index (χ2v) is 4.69. The Morgan fingerprint density at radius 1 is 1.31 bits per heavy atom. The van der Waals surface area contributed by atoms with E-state index in [1.165, 1.54) is 36.0 Å². The first-order chi connectivity index (χ1) is 7.75. The molecule has 0 spiro atoms. The van der Waals surface area contributed by atoms with Crippen molar-refractivity contribution < 1.29 is 4.79 Å². The summed E-state index contributed by atoms with van der Waals surface area (Å²) < 4.78 is 0. The Morgan fingerprint density at radius 3 is 2.88 bits per heavy atom. The van der Waals surface area contributed by atoms with E-state index in [1.807, 2.05) is 7.05 Å². The molecule has 2 amide bonds. The van der Waals surface area contributed by atoms with E-state index >= 15 is 0 Å². The molecule has 0 bridgehead atoms. The van der Waals surface area contributed by atoms with Crippen molar-refractivity contribution in [2.45, 2.75) is 25.3 Å². The highest BCUT2D eigenvalue weighted by molar-refractivity contribution is 5.76. The monoisotopic (exact) mass is 216 g/mol. The lowest BCUT2D eigenvalue weighted by Crippen LogP contribution is -2.25. The van der Waals surface area contributed by atoms with Gasteiger partial charge >= 0.3 is 6.03 Å². The summed E-state index contributed by atoms with van der Waals surface area (Å²) in [6, 6.07) is 6.92. The van der Waals surface area contributed by atoms with Gasteiger partial charge in [0.15, 0.2) is 0 Å². The van der Waals surface area contributed by atoms with E-state index in [0.29, 0.717) is 0 Å². The number of benzene rings is 1. The molecule has 1 aromatic rings. The van der Waals surface area contributed by atoms with E-state index in [0.717, 1.165) is 6.54 Å². The van der Waals surface area contributed by atoms with Crippen molar-refractivity contribution in [2.75, 3.05) is 13.6 Å². The van der Waals surface area contributed by atoms with Gasteiger partial charge in [-0.25, -0.2) is 4.79 Å². The molecule has 1 fully saturated rings. The van der Waals surface area contributed by atoms with Gasteiger partial charge in [0.1, 0.15) is 0 Å². The number of nitrogens with one attached hydrogen (secondary N) is 1. The van der Waals surface area contributed by atoms with Gasteiger partial charge in [0.05, 0.1) is 6.04 Å². The second kappa shape index (κ2) is 3.51. The molecule has 2 aliphatic rings. The number of carbonyl (C=O) groups is 1. The number of hydrogen-bond acceptors (Lipinski definition) is 1. The number of urea groups is 1. The predicted molar refractivity (Wildman–Crippen MR) is 62.4 cm³/mol. The molecule has 1 heterocycles. The van der Waals surface area contributed by atoms with Crippen molar-refractivity contribution in [3.05, 3.63) is 34.9 Å². The fraction of sp³-hybridized carbons (Fsp3) is 0.462. The molecule has 1 saturated heterocycles. The quantitative estimate of drug-likeness (QED) is 0.763. The third kappa shape index (κ3) is 1.39. The summed E-state index contributed by atoms with van der Waals surface area (Å²) >= 11 is 0. The van der Waals surface area contributed by atoms with Crippen LogP contribution in [0.1, 0.15) is 29.2 Å². The van der Waals surface area contributed by atoms with E-state index in [1.54, 1.807) is 4.90 Å². The number of aryl methyl sites for hydroxylation is 2. The van der Waals surface area contributed by atoms with Crippen LogP contribution in [0.15, 0.2) is 18.2 Å². The molecule has 1 unspecified atom stereocenters. The predicted octanol–water partition coefficient (Wildman–Crippen LogP) is 1.87. The van der Waals surface area contributed by atoms with Crippen LogP contribution >= 0.6 is 0 Å². The number of fused-ring (bicyclic) bond motifs is 1. The van der Waals surface area contributed by atoms with Crippen LogP contribution in [0.3, 0.4) is 0 Å². The Hall–Kier alpha value is -1.51. The number of amides is 2. The molecule has 1 aromatic carbocycles. The van der Waals surface area contributed by atoms with Gasteiger partial charge in [0, 0.05) is 13.6 Å². The summed E-state index contributed by atoms with van der Waals surface area (Å²) in [5, 5.41) is 2.87. The van der Waals surface area contributed by atoms with Crippen LogP contribution in [0.5, 0.6) is 0 Å². The van der Waals surface area contributed by atoms with Gasteiger partial charge < -0.3 is 10.2 Å². The molecule has 1 atom stereocenters. The smallest absolute Gasteiger partial charge is 0.317 e. The zero-order valence-electron chi connectivity index (χ0n) is 9.49. The van der Waals surface area contributed by atoms with Crippen molar-refractivity contribution in [3.63, 3.8) is 0 Å². The highest BCUT2D eigenvalue weighted by Gasteiger charge is 2.28. The third-order valence-electron chi connectivity index (χ3n) is 3.74. The van der Waals surface area contributed by atoms with Crippen molar-refractivity contribution in [1.82, 2.24) is 10.2 Å². The van der Waals surface area contributed by atoms with E-state index in [4.69, 9.17) is 0 Å². The zero-order valence-corrected chi connectivity index (χ0v) is 9.49. The summed E-state index contributed by atoms with van der Waals surface area (Å²) in [6.07, 6.45) is 3.69. The van der Waals surface area contributed by atoms with Crippen LogP contribution in [0, 0.1) is 0 Å². The van der Waals surface area contributed by atoms with Crippen LogP contribution in [0.4, 0.5) is 4.79 Å². The molecule has 3 heteroatoms. The SMILES string of the molecule is CN1C(=O)NCC1c1ccc2c(c1)CCC2. The molecule has 16 heavy (non-hydrogen) atoms. The van der Waals surface area contributed by atoms with Gasteiger partial charge in [0.2, 0.25) is 0 Å². The lowest BCUT2D eigenvalue weighted by Gasteiger charge is -2.19. The molecule has 0 aromatic heterocycles. The Labute approximate surface area is 95.4 Å². The van der Waals surface area contributed by atoms with E-state index in [9.17, 15) is 4.79 Å². The Morgan fingerprint density at radius 2 is 2.12 bits per heavy atom. The van der Waals surface area contributed by atoms with Gasteiger partial charge in [-0.2, -0.15) is 0 Å². The molecule has 3 nitrogen and oxygen atoms in total. The summed E-state index contributed by atoms with van der Waals surface area (Å²) in [7, 11) is 1.86. The molecular weight excluding hydrogens is 200 g/mol. The minimum absolute atomic E-state index is 0.0329. The maximum Gasteiger partial charge on any atom is 0.317 e. The van der Waals surface area contributed by atoms with Gasteiger partial charge in [0.25, 0.3) is 0 Å². The Balaban J connectivity index is 1.93. The zero-order chi connectivity index (χ0) is 11.1. The first kappa shape index (κ1) is 9.70. The van der Waals surface area contributed by atoms with Gasteiger partial charge in [-0.05, 0) is 36.0 Å². The lowest BCUT2D eigenvalue weighted by molar-refractivity contribution is 0.217. The van der Waals surface area contributed by atoms with E-state index in [2.05, 4.69) is 23.5 Å². The Kier molecular flexibility index (Phi) is 2.13. The van der Waals surface area contributed by atoms with Crippen molar-refractivity contribution >= 4 is 6.03 Å². The maximum absolute atomic E-state index is 11.4. The van der Waals surface area contributed by atoms with Crippen LogP contribution in [0.2, 0.25) is 0 Å². The number of nitrogens with zero attached hydrogens (tertiary/aromatic N) is 1. The molecule has 1 aliphatic carbocycles. The summed E-state index contributed by atoms with van der Waals surface area (Å²) in [6.45, 7) is 0.730. The van der Waals surface area contributed by atoms with Gasteiger partial charge in [-0.3, -0.25) is 0 Å². The van der Waals surface area contributed by atoms with Crippen LogP contribution in [-0.4, -0.2) is 24.5 Å². The number of rotatable bonds is 1. The Bertz CT molecular complexity index is 442. The van der Waals surface area contributed by atoms with E-state index in [-0.39, 0.29) is 12.1 Å². The van der Waals surface area contributed by atoms with Crippen LogP contribution in [-0.2, 0) is 12.8 Å². The first-order valence-corrected chi connectivity index (χ1v) is 5.88. The van der Waals surface area contributed by atoms with Crippen molar-refractivity contribution in [1.29, 1.82) is 0 Å². The summed E-state index contributed by atoms with van der Waals surface area (Å²) in [4.78, 5) is 13.2. The minimum Gasteiger partial charge on any atom is -0.336 e. The average molecular weight is 216 g/mol. The molecule has 84 valence electrons. The number of carbonyl (C=O) groups excluding carboxylic acids is 1. The first-order valence-electron chi connectivity index (χ1n) is 5.88. The van der Waals surface area contributed by atoms with Crippen molar-refractivity contribution in [2.24, 2.45) is 0 Å². The third-order valence-corrected chi connectivity index (χ3v) is 3.74. The molecule has 3 rings (SSSR count). The van der Waals surface area contributed by atoms with Crippen LogP contribution in [0.25, 0.3) is 0 Å². The molecule has 0 radical (unpaired) electrons. The van der Waals surface area contributed by atoms with E-state index < -0.39 is 0 Å². The van der Waals surface area contributed by atoms with Gasteiger partial charge in [-0.15, -0.1) is 0 Å². The van der Waals surface area contributed by atoms with Crippen LogP contribution < -0.4 is 5.32 Å². The largest absolute Gasteiger partial charge is 0.336 e. The molecule has 1 N–H and O–H groups in total. The fourth-order valence-electron chi connectivity index (χ4n) is 2.73. The maximum atomic E-state index is 11.4. The molecular formula is C13H16N2O. The second-order valence-electron chi connectivity index (χ2n) is 4.69. The number of hydrogen-bond donors (Lipinski definition) is 1. The lowest BCUT2D eigenvalue weighted by atomic mass is 10.0. The molecule has 1 aliphatic heterocycles. The minimum atomic E-state index is 0.0329. The van der Waals surface area contributed by atoms with Gasteiger partial charge in [-0.1, -0.05) is 18.2 Å².